The molecule has 0 unspecified atom stereocenters. The second-order valence-electron chi connectivity index (χ2n) is 2.76. The number of esters is 1. The third kappa shape index (κ3) is 2.77. The van der Waals surface area contributed by atoms with Crippen LogP contribution >= 0.6 is 0 Å². The molecule has 1 heterocycles. The predicted molar refractivity (Wildman–Crippen MR) is 53.1 cm³/mol. The summed E-state index contributed by atoms with van der Waals surface area (Å²) in [5.41, 5.74) is -0.222. The number of rotatable bonds is 3. The van der Waals surface area contributed by atoms with Crippen molar-refractivity contribution in [2.45, 2.75) is 0 Å². The van der Waals surface area contributed by atoms with E-state index in [9.17, 15) is 20.1 Å². The second-order valence-corrected chi connectivity index (χ2v) is 2.76. The molecule has 0 saturated carbocycles. The van der Waals surface area contributed by atoms with E-state index in [0.29, 0.717) is 4.73 Å². The number of pyridine rings is 1. The van der Waals surface area contributed by atoms with Gasteiger partial charge in [0.25, 0.3) is 5.69 Å². The van der Waals surface area contributed by atoms with Crippen molar-refractivity contribution in [1.82, 2.24) is 0 Å². The minimum absolute atomic E-state index is 0.0351. The van der Waals surface area contributed by atoms with E-state index in [2.05, 4.69) is 4.74 Å². The molecule has 1 rings (SSSR count). The molecule has 0 N–H and O–H groups in total. The largest absolute Gasteiger partial charge is 0.619 e. The molecule has 0 aromatic carbocycles. The maximum Gasteiger partial charge on any atom is 0.330 e. The van der Waals surface area contributed by atoms with E-state index in [1.165, 1.54) is 7.11 Å². The Labute approximate surface area is 90.3 Å². The molecular formula is C9H8N2O5. The van der Waals surface area contributed by atoms with Crippen molar-refractivity contribution in [2.24, 2.45) is 0 Å². The van der Waals surface area contributed by atoms with Crippen molar-refractivity contribution in [2.75, 3.05) is 7.11 Å². The van der Waals surface area contributed by atoms with Gasteiger partial charge in [-0.2, -0.15) is 4.73 Å². The molecule has 16 heavy (non-hydrogen) atoms. The first-order chi connectivity index (χ1) is 7.54. The van der Waals surface area contributed by atoms with Gasteiger partial charge in [0.1, 0.15) is 5.56 Å². The highest BCUT2D eigenvalue weighted by molar-refractivity contribution is 5.87. The van der Waals surface area contributed by atoms with Crippen LogP contribution in [0.3, 0.4) is 0 Å². The summed E-state index contributed by atoms with van der Waals surface area (Å²) >= 11 is 0. The average Bonchev–Trinajstić information content (AvgIpc) is 2.25. The molecule has 0 bridgehead atoms. The van der Waals surface area contributed by atoms with Crippen LogP contribution in [0.15, 0.2) is 24.5 Å². The molecule has 0 saturated heterocycles. The minimum atomic E-state index is -0.657. The number of methoxy groups -OCH3 is 1. The number of carbonyl (C=O) groups excluding carboxylic acids is 1. The van der Waals surface area contributed by atoms with Crippen LogP contribution in [0.1, 0.15) is 5.56 Å². The van der Waals surface area contributed by atoms with Crippen LogP contribution in [0, 0.1) is 15.3 Å². The summed E-state index contributed by atoms with van der Waals surface area (Å²) in [5.74, 6) is -0.657. The van der Waals surface area contributed by atoms with Crippen LogP contribution in [0.4, 0.5) is 5.69 Å². The molecule has 0 fully saturated rings. The first-order valence-electron chi connectivity index (χ1n) is 4.18. The topological polar surface area (TPSA) is 96.4 Å². The van der Waals surface area contributed by atoms with Crippen molar-refractivity contribution in [1.29, 1.82) is 0 Å². The van der Waals surface area contributed by atoms with Gasteiger partial charge >= 0.3 is 5.97 Å². The van der Waals surface area contributed by atoms with E-state index in [4.69, 9.17) is 0 Å². The molecule has 0 aliphatic carbocycles. The van der Waals surface area contributed by atoms with Gasteiger partial charge in [-0.05, 0) is 6.08 Å². The Morgan fingerprint density at radius 3 is 2.88 bits per heavy atom. The lowest BCUT2D eigenvalue weighted by molar-refractivity contribution is -0.606. The summed E-state index contributed by atoms with van der Waals surface area (Å²) in [6.45, 7) is 0. The van der Waals surface area contributed by atoms with Crippen molar-refractivity contribution in [3.63, 3.8) is 0 Å². The van der Waals surface area contributed by atoms with E-state index in [1.54, 1.807) is 0 Å². The normalized spacial score (nSPS) is 10.3. The fourth-order valence-corrected chi connectivity index (χ4v) is 1.01. The number of nitrogens with zero attached hydrogens (tertiary/aromatic N) is 2. The smallest absolute Gasteiger partial charge is 0.330 e. The van der Waals surface area contributed by atoms with Crippen molar-refractivity contribution < 1.29 is 19.2 Å². The molecular weight excluding hydrogens is 216 g/mol. The second kappa shape index (κ2) is 4.87. The van der Waals surface area contributed by atoms with Gasteiger partial charge in [0.05, 0.1) is 18.1 Å². The van der Waals surface area contributed by atoms with Gasteiger partial charge in [-0.25, -0.2) is 4.79 Å². The standard InChI is InChI=1S/C9H8N2O5/c1-16-9(12)3-2-7-6-10(13)5-4-8(7)11(14)15/h2-6H,1H3. The zero-order valence-electron chi connectivity index (χ0n) is 8.32. The molecule has 0 amide bonds. The predicted octanol–water partition coefficient (Wildman–Crippen LogP) is 0.414. The quantitative estimate of drug-likeness (QED) is 0.185. The molecule has 0 aliphatic rings. The van der Waals surface area contributed by atoms with Crippen LogP contribution in [0.5, 0.6) is 0 Å². The third-order valence-corrected chi connectivity index (χ3v) is 1.74. The minimum Gasteiger partial charge on any atom is -0.619 e. The molecule has 1 aromatic heterocycles. The van der Waals surface area contributed by atoms with Crippen LogP contribution in [-0.2, 0) is 9.53 Å². The Hall–Kier alpha value is -2.44. The fourth-order valence-electron chi connectivity index (χ4n) is 1.01. The van der Waals surface area contributed by atoms with Gasteiger partial charge in [0.2, 0.25) is 0 Å². The van der Waals surface area contributed by atoms with Gasteiger partial charge in [0, 0.05) is 6.08 Å². The van der Waals surface area contributed by atoms with E-state index < -0.39 is 10.9 Å². The Bertz CT molecular complexity index is 455. The monoisotopic (exact) mass is 224 g/mol. The SMILES string of the molecule is COC(=O)C=Cc1c[n+]([O-])ccc1[N+](=O)[O-]. The lowest BCUT2D eigenvalue weighted by Crippen LogP contribution is -2.24. The molecule has 84 valence electrons. The number of hydrogen-bond donors (Lipinski definition) is 0. The summed E-state index contributed by atoms with van der Waals surface area (Å²) in [7, 11) is 1.18. The number of hydrogen-bond acceptors (Lipinski definition) is 5. The lowest BCUT2D eigenvalue weighted by Gasteiger charge is -1.98. The summed E-state index contributed by atoms with van der Waals surface area (Å²) < 4.78 is 4.73. The summed E-state index contributed by atoms with van der Waals surface area (Å²) in [6, 6.07) is 1.06. The van der Waals surface area contributed by atoms with Crippen LogP contribution < -0.4 is 4.73 Å². The molecule has 0 spiro atoms. The van der Waals surface area contributed by atoms with E-state index >= 15 is 0 Å². The zero-order valence-corrected chi connectivity index (χ0v) is 8.32. The van der Waals surface area contributed by atoms with Crippen LogP contribution in [0.25, 0.3) is 6.08 Å². The van der Waals surface area contributed by atoms with Gasteiger partial charge in [-0.1, -0.05) is 0 Å². The third-order valence-electron chi connectivity index (χ3n) is 1.74. The Morgan fingerprint density at radius 2 is 2.31 bits per heavy atom. The average molecular weight is 224 g/mol. The van der Waals surface area contributed by atoms with Gasteiger partial charge < -0.3 is 9.94 Å². The Morgan fingerprint density at radius 1 is 1.62 bits per heavy atom. The maximum absolute atomic E-state index is 10.9. The van der Waals surface area contributed by atoms with Gasteiger partial charge in [-0.15, -0.1) is 0 Å². The molecule has 1 aromatic rings. The highest BCUT2D eigenvalue weighted by Crippen LogP contribution is 2.16. The Balaban J connectivity index is 3.10. The summed E-state index contributed by atoms with van der Waals surface area (Å²) in [5, 5.41) is 21.5. The highest BCUT2D eigenvalue weighted by atomic mass is 16.6. The maximum atomic E-state index is 10.9. The Kier molecular flexibility index (Phi) is 3.54. The van der Waals surface area contributed by atoms with Crippen molar-refractivity contribution in [3.8, 4) is 0 Å². The molecule has 0 aliphatic heterocycles. The van der Waals surface area contributed by atoms with Crippen molar-refractivity contribution >= 4 is 17.7 Å². The van der Waals surface area contributed by atoms with Crippen LogP contribution in [0.2, 0.25) is 0 Å². The van der Waals surface area contributed by atoms with E-state index in [-0.39, 0.29) is 11.3 Å². The number of aromatic nitrogens is 1. The highest BCUT2D eigenvalue weighted by Gasteiger charge is 2.14. The zero-order chi connectivity index (χ0) is 12.1. The first-order valence-corrected chi connectivity index (χ1v) is 4.18. The fraction of sp³-hybridized carbons (Fsp3) is 0.111. The lowest BCUT2D eigenvalue weighted by atomic mass is 10.2. The molecule has 0 atom stereocenters. The van der Waals surface area contributed by atoms with Crippen LogP contribution in [-0.4, -0.2) is 18.0 Å². The number of ether oxygens (including phenoxy) is 1. The van der Waals surface area contributed by atoms with Gasteiger partial charge in [0.15, 0.2) is 12.4 Å². The van der Waals surface area contributed by atoms with Gasteiger partial charge in [-0.3, -0.25) is 10.1 Å². The first kappa shape index (κ1) is 11.6. The summed E-state index contributed by atoms with van der Waals surface area (Å²) in [4.78, 5) is 20.7. The van der Waals surface area contributed by atoms with E-state index in [0.717, 1.165) is 30.6 Å². The molecule has 7 heteroatoms. The molecule has 7 nitrogen and oxygen atoms in total. The summed E-state index contributed by atoms with van der Waals surface area (Å²) in [6.07, 6.45) is 4.16. The van der Waals surface area contributed by atoms with Crippen molar-refractivity contribution in [3.05, 3.63) is 45.4 Å². The number of carbonyl (C=O) groups is 1. The van der Waals surface area contributed by atoms with E-state index in [1.807, 2.05) is 0 Å². The molecule has 0 radical (unpaired) electrons. The number of nitro groups is 1.